The van der Waals surface area contributed by atoms with Gasteiger partial charge in [0.15, 0.2) is 0 Å². The number of hydrogen-bond donors (Lipinski definition) is 2. The Labute approximate surface area is 175 Å². The first kappa shape index (κ1) is 19.7. The Hall–Kier alpha value is -3.60. The number of ether oxygens (including phenoxy) is 1. The van der Waals surface area contributed by atoms with Gasteiger partial charge in [-0.3, -0.25) is 0 Å². The van der Waals surface area contributed by atoms with Crippen LogP contribution < -0.4 is 5.32 Å². The molecule has 30 heavy (non-hydrogen) atoms. The fourth-order valence-corrected chi connectivity index (χ4v) is 4.00. The van der Waals surface area contributed by atoms with Gasteiger partial charge >= 0.3 is 12.1 Å². The van der Waals surface area contributed by atoms with Crippen molar-refractivity contribution in [2.75, 3.05) is 6.61 Å². The zero-order valence-corrected chi connectivity index (χ0v) is 16.5. The van der Waals surface area contributed by atoms with Crippen molar-refractivity contribution >= 4 is 12.1 Å². The molecule has 1 amide bonds. The molecule has 5 nitrogen and oxygen atoms in total. The number of fused-ring (bicyclic) bond motifs is 3. The maximum absolute atomic E-state index is 12.4. The number of alkyl carbamates (subject to hydrolysis) is 1. The summed E-state index contributed by atoms with van der Waals surface area (Å²) in [5.74, 6) is -1.13. The number of carbonyl (C=O) groups excluding carboxylic acids is 1. The summed E-state index contributed by atoms with van der Waals surface area (Å²) >= 11 is 0. The highest BCUT2D eigenvalue weighted by atomic mass is 16.5. The van der Waals surface area contributed by atoms with Crippen molar-refractivity contribution < 1.29 is 19.4 Å². The second-order valence-electron chi connectivity index (χ2n) is 7.38. The molecule has 0 saturated heterocycles. The van der Waals surface area contributed by atoms with Crippen LogP contribution >= 0.6 is 0 Å². The van der Waals surface area contributed by atoms with Crippen LogP contribution in [0, 0.1) is 0 Å². The fourth-order valence-electron chi connectivity index (χ4n) is 4.00. The van der Waals surface area contributed by atoms with Crippen molar-refractivity contribution in [1.29, 1.82) is 0 Å². The van der Waals surface area contributed by atoms with Crippen LogP contribution in [0.4, 0.5) is 4.79 Å². The minimum absolute atomic E-state index is 0.0595. The highest BCUT2D eigenvalue weighted by molar-refractivity contribution is 5.81. The van der Waals surface area contributed by atoms with E-state index in [1.807, 2.05) is 66.7 Å². The lowest BCUT2D eigenvalue weighted by atomic mass is 9.98. The average molecular weight is 401 g/mol. The molecule has 1 aliphatic rings. The molecule has 3 aromatic rings. The first-order valence-corrected chi connectivity index (χ1v) is 10.0. The van der Waals surface area contributed by atoms with Gasteiger partial charge in [0.25, 0.3) is 0 Å². The molecule has 5 heteroatoms. The van der Waals surface area contributed by atoms with Gasteiger partial charge < -0.3 is 15.2 Å². The molecule has 0 fully saturated rings. The third-order valence-electron chi connectivity index (χ3n) is 5.50. The van der Waals surface area contributed by atoms with Gasteiger partial charge in [0.2, 0.25) is 0 Å². The van der Waals surface area contributed by atoms with Crippen LogP contribution in [0.15, 0.2) is 78.9 Å². The third-order valence-corrected chi connectivity index (χ3v) is 5.50. The average Bonchev–Trinajstić information content (AvgIpc) is 3.09. The number of carboxylic acid groups (broad SMARTS) is 1. The van der Waals surface area contributed by atoms with Crippen LogP contribution in [-0.4, -0.2) is 29.8 Å². The van der Waals surface area contributed by atoms with Crippen molar-refractivity contribution in [3.05, 3.63) is 95.6 Å². The van der Waals surface area contributed by atoms with Gasteiger partial charge in [-0.2, -0.15) is 0 Å². The standard InChI is InChI=1S/C25H23NO4/c27-24(28)23(15-14-17-8-2-1-3-9-17)26-25(29)30-16-22-20-12-6-4-10-18(20)19-11-5-7-13-21(19)22/h1-13,22-23H,14-16H2,(H,26,29)(H,27,28)/t23-/m0/s1. The van der Waals surface area contributed by atoms with E-state index in [0.717, 1.165) is 27.8 Å². The molecule has 0 bridgehead atoms. The molecule has 0 radical (unpaired) electrons. The predicted octanol–water partition coefficient (Wildman–Crippen LogP) is 4.61. The fraction of sp³-hybridized carbons (Fsp3) is 0.200. The number of amides is 1. The number of carbonyl (C=O) groups is 2. The smallest absolute Gasteiger partial charge is 0.407 e. The Morgan fingerprint density at radius 1 is 0.867 bits per heavy atom. The predicted molar refractivity (Wildman–Crippen MR) is 114 cm³/mol. The van der Waals surface area contributed by atoms with Crippen LogP contribution in [0.2, 0.25) is 0 Å². The Balaban J connectivity index is 1.38. The molecule has 0 unspecified atom stereocenters. The number of rotatable bonds is 7. The Morgan fingerprint density at radius 2 is 1.43 bits per heavy atom. The molecule has 0 aromatic heterocycles. The van der Waals surface area contributed by atoms with E-state index in [-0.39, 0.29) is 12.5 Å². The summed E-state index contributed by atoms with van der Waals surface area (Å²) in [5.41, 5.74) is 5.55. The minimum atomic E-state index is -1.07. The van der Waals surface area contributed by atoms with Gasteiger partial charge in [-0.25, -0.2) is 9.59 Å². The topological polar surface area (TPSA) is 75.6 Å². The van der Waals surface area contributed by atoms with Crippen molar-refractivity contribution in [3.8, 4) is 11.1 Å². The minimum Gasteiger partial charge on any atom is -0.480 e. The largest absolute Gasteiger partial charge is 0.480 e. The number of benzene rings is 3. The summed E-state index contributed by atoms with van der Waals surface area (Å²) in [6, 6.07) is 24.8. The van der Waals surface area contributed by atoms with Gasteiger partial charge in [0, 0.05) is 5.92 Å². The summed E-state index contributed by atoms with van der Waals surface area (Å²) in [6.07, 6.45) is 0.141. The second-order valence-corrected chi connectivity index (χ2v) is 7.38. The van der Waals surface area contributed by atoms with Gasteiger partial charge in [0.05, 0.1) is 0 Å². The molecule has 0 spiro atoms. The number of nitrogens with one attached hydrogen (secondary N) is 1. The van der Waals surface area contributed by atoms with Gasteiger partial charge in [-0.05, 0) is 40.7 Å². The molecule has 2 N–H and O–H groups in total. The van der Waals surface area contributed by atoms with Crippen LogP contribution in [0.25, 0.3) is 11.1 Å². The summed E-state index contributed by atoms with van der Waals surface area (Å²) in [6.45, 7) is 0.158. The quantitative estimate of drug-likeness (QED) is 0.606. The molecule has 152 valence electrons. The van der Waals surface area contributed by atoms with E-state index in [0.29, 0.717) is 12.8 Å². The van der Waals surface area contributed by atoms with Crippen LogP contribution in [0.5, 0.6) is 0 Å². The molecule has 3 aromatic carbocycles. The summed E-state index contributed by atoms with van der Waals surface area (Å²) in [5, 5.41) is 12.0. The van der Waals surface area contributed by atoms with Crippen LogP contribution in [0.3, 0.4) is 0 Å². The van der Waals surface area contributed by atoms with E-state index in [1.165, 1.54) is 0 Å². The molecule has 0 aliphatic heterocycles. The zero-order chi connectivity index (χ0) is 20.9. The molecule has 1 aliphatic carbocycles. The van der Waals surface area contributed by atoms with E-state index in [4.69, 9.17) is 4.74 Å². The molecule has 0 saturated carbocycles. The van der Waals surface area contributed by atoms with E-state index >= 15 is 0 Å². The number of aliphatic carboxylic acids is 1. The monoisotopic (exact) mass is 401 g/mol. The lowest BCUT2D eigenvalue weighted by molar-refractivity contribution is -0.139. The van der Waals surface area contributed by atoms with Gasteiger partial charge in [-0.15, -0.1) is 0 Å². The summed E-state index contributed by atoms with van der Waals surface area (Å²) in [4.78, 5) is 23.9. The summed E-state index contributed by atoms with van der Waals surface area (Å²) in [7, 11) is 0. The summed E-state index contributed by atoms with van der Waals surface area (Å²) < 4.78 is 5.46. The molecular formula is C25H23NO4. The Bertz CT molecular complexity index is 1000. The third kappa shape index (κ3) is 4.20. The zero-order valence-electron chi connectivity index (χ0n) is 16.5. The van der Waals surface area contributed by atoms with Crippen molar-refractivity contribution in [1.82, 2.24) is 5.32 Å². The van der Waals surface area contributed by atoms with Crippen molar-refractivity contribution in [3.63, 3.8) is 0 Å². The molecule has 4 rings (SSSR count). The Morgan fingerprint density at radius 3 is 2.03 bits per heavy atom. The van der Waals surface area contributed by atoms with Crippen LogP contribution in [-0.2, 0) is 16.0 Å². The molecule has 1 atom stereocenters. The first-order chi connectivity index (χ1) is 14.6. The van der Waals surface area contributed by atoms with Gasteiger partial charge in [0.1, 0.15) is 12.6 Å². The van der Waals surface area contributed by atoms with E-state index in [9.17, 15) is 14.7 Å². The first-order valence-electron chi connectivity index (χ1n) is 10.0. The maximum atomic E-state index is 12.4. The molecule has 0 heterocycles. The SMILES string of the molecule is O=C(N[C@@H](CCc1ccccc1)C(=O)O)OCC1c2ccccc2-c2ccccc21. The van der Waals surface area contributed by atoms with Crippen LogP contribution in [0.1, 0.15) is 29.0 Å². The van der Waals surface area contributed by atoms with Crippen molar-refractivity contribution in [2.24, 2.45) is 0 Å². The van der Waals surface area contributed by atoms with E-state index in [1.54, 1.807) is 0 Å². The Kier molecular flexibility index (Phi) is 5.80. The van der Waals surface area contributed by atoms with Gasteiger partial charge in [-0.1, -0.05) is 78.9 Å². The number of aryl methyl sites for hydroxylation is 1. The number of hydrogen-bond acceptors (Lipinski definition) is 3. The highest BCUT2D eigenvalue weighted by Gasteiger charge is 2.29. The van der Waals surface area contributed by atoms with E-state index < -0.39 is 18.1 Å². The molecular weight excluding hydrogens is 378 g/mol. The maximum Gasteiger partial charge on any atom is 0.407 e. The lowest BCUT2D eigenvalue weighted by Crippen LogP contribution is -2.41. The second kappa shape index (κ2) is 8.82. The van der Waals surface area contributed by atoms with E-state index in [2.05, 4.69) is 17.4 Å². The highest BCUT2D eigenvalue weighted by Crippen LogP contribution is 2.44. The number of carboxylic acids is 1. The normalized spacial score (nSPS) is 13.2. The van der Waals surface area contributed by atoms with Crippen molar-refractivity contribution in [2.45, 2.75) is 24.8 Å². The lowest BCUT2D eigenvalue weighted by Gasteiger charge is -2.17.